The van der Waals surface area contributed by atoms with Crippen LogP contribution in [0, 0.1) is 17.8 Å². The van der Waals surface area contributed by atoms with E-state index in [1.807, 2.05) is 0 Å². The second-order valence-electron chi connectivity index (χ2n) is 7.01. The lowest BCUT2D eigenvalue weighted by molar-refractivity contribution is -0.00548. The van der Waals surface area contributed by atoms with Gasteiger partial charge in [-0.15, -0.1) is 0 Å². The van der Waals surface area contributed by atoms with Crippen LogP contribution in [0.15, 0.2) is 24.3 Å². The summed E-state index contributed by atoms with van der Waals surface area (Å²) in [6.45, 7) is 0. The van der Waals surface area contributed by atoms with Crippen molar-refractivity contribution >= 4 is 12.6 Å². The molecule has 0 atom stereocenters. The maximum atomic E-state index is 4.55. The molecule has 1 heteroatoms. The molecule has 4 saturated carbocycles. The lowest BCUT2D eigenvalue weighted by Crippen LogP contribution is -2.48. The van der Waals surface area contributed by atoms with Gasteiger partial charge in [-0.3, -0.25) is 0 Å². The Morgan fingerprint density at radius 1 is 0.944 bits per heavy atom. The van der Waals surface area contributed by atoms with Crippen LogP contribution in [-0.4, -0.2) is 0 Å². The largest absolute Gasteiger partial charge is 0.175 e. The highest BCUT2D eigenvalue weighted by atomic mass is 32.1. The summed E-state index contributed by atoms with van der Waals surface area (Å²) in [5.41, 5.74) is 3.68. The Balaban J connectivity index is 1.79. The van der Waals surface area contributed by atoms with Crippen molar-refractivity contribution in [2.24, 2.45) is 17.8 Å². The van der Waals surface area contributed by atoms with Crippen LogP contribution >= 0.6 is 12.6 Å². The van der Waals surface area contributed by atoms with Crippen molar-refractivity contribution in [3.05, 3.63) is 35.4 Å². The summed E-state index contributed by atoms with van der Waals surface area (Å²) in [5, 5.41) is 0. The maximum Gasteiger partial charge on any atom is 0.0157 e. The molecular weight excluding hydrogens is 236 g/mol. The van der Waals surface area contributed by atoms with Crippen molar-refractivity contribution in [1.29, 1.82) is 0 Å². The molecule has 0 amide bonds. The number of hydrogen-bond donors (Lipinski definition) is 1. The standard InChI is InChI=1S/C17H22S/c18-11-15-3-1-2-4-16(15)17-8-12-5-13(9-17)7-14(6-12)10-17/h1-4,12-14,18H,5-11H2. The van der Waals surface area contributed by atoms with E-state index in [9.17, 15) is 0 Å². The average molecular weight is 258 g/mol. The minimum absolute atomic E-state index is 0.536. The molecule has 4 aliphatic carbocycles. The summed E-state index contributed by atoms with van der Waals surface area (Å²) in [7, 11) is 0. The van der Waals surface area contributed by atoms with Gasteiger partial charge in [-0.2, -0.15) is 12.6 Å². The minimum atomic E-state index is 0.536. The van der Waals surface area contributed by atoms with E-state index >= 15 is 0 Å². The molecule has 0 spiro atoms. The summed E-state index contributed by atoms with van der Waals surface area (Å²) in [5.74, 6) is 4.00. The molecule has 4 aliphatic rings. The van der Waals surface area contributed by atoms with E-state index < -0.39 is 0 Å². The lowest BCUT2D eigenvalue weighted by Gasteiger charge is -2.57. The third-order valence-electron chi connectivity index (χ3n) is 5.80. The van der Waals surface area contributed by atoms with Gasteiger partial charge < -0.3 is 0 Å². The van der Waals surface area contributed by atoms with Crippen LogP contribution in [0.2, 0.25) is 0 Å². The van der Waals surface area contributed by atoms with Crippen molar-refractivity contribution in [2.45, 2.75) is 49.7 Å². The number of benzene rings is 1. The third kappa shape index (κ3) is 1.59. The molecule has 5 rings (SSSR count). The number of hydrogen-bond acceptors (Lipinski definition) is 1. The molecule has 18 heavy (non-hydrogen) atoms. The summed E-state index contributed by atoms with van der Waals surface area (Å²) >= 11 is 4.55. The van der Waals surface area contributed by atoms with Crippen molar-refractivity contribution in [3.63, 3.8) is 0 Å². The van der Waals surface area contributed by atoms with Gasteiger partial charge in [0, 0.05) is 5.75 Å². The van der Waals surface area contributed by atoms with Gasteiger partial charge in [0.25, 0.3) is 0 Å². The predicted octanol–water partition coefficient (Wildman–Crippen LogP) is 4.58. The smallest absolute Gasteiger partial charge is 0.0157 e. The van der Waals surface area contributed by atoms with Gasteiger partial charge in [-0.1, -0.05) is 24.3 Å². The Morgan fingerprint density at radius 2 is 1.50 bits per heavy atom. The van der Waals surface area contributed by atoms with Crippen molar-refractivity contribution < 1.29 is 0 Å². The normalized spacial score (nSPS) is 41.3. The molecule has 96 valence electrons. The summed E-state index contributed by atoms with van der Waals surface area (Å²) in [6, 6.07) is 9.11. The molecule has 0 saturated heterocycles. The van der Waals surface area contributed by atoms with Gasteiger partial charge in [0.1, 0.15) is 0 Å². The van der Waals surface area contributed by atoms with E-state index in [1.165, 1.54) is 44.1 Å². The fraction of sp³-hybridized carbons (Fsp3) is 0.647. The first-order valence-corrected chi connectivity index (χ1v) is 8.11. The third-order valence-corrected chi connectivity index (χ3v) is 6.14. The van der Waals surface area contributed by atoms with Gasteiger partial charge in [0.2, 0.25) is 0 Å². The molecule has 4 bridgehead atoms. The predicted molar refractivity (Wildman–Crippen MR) is 79.0 cm³/mol. The van der Waals surface area contributed by atoms with E-state index in [0.29, 0.717) is 5.41 Å². The monoisotopic (exact) mass is 258 g/mol. The van der Waals surface area contributed by atoms with Crippen LogP contribution in [0.3, 0.4) is 0 Å². The quantitative estimate of drug-likeness (QED) is 0.737. The van der Waals surface area contributed by atoms with Crippen molar-refractivity contribution in [1.82, 2.24) is 0 Å². The molecule has 0 unspecified atom stereocenters. The molecule has 1 aromatic rings. The molecule has 0 heterocycles. The van der Waals surface area contributed by atoms with E-state index in [-0.39, 0.29) is 0 Å². The molecule has 0 radical (unpaired) electrons. The van der Waals surface area contributed by atoms with Crippen molar-refractivity contribution in [2.75, 3.05) is 0 Å². The molecular formula is C17H22S. The van der Waals surface area contributed by atoms with Crippen LogP contribution in [0.25, 0.3) is 0 Å². The SMILES string of the molecule is SCc1ccccc1C12CC3CC(CC(C3)C1)C2. The van der Waals surface area contributed by atoms with Gasteiger partial charge >= 0.3 is 0 Å². The van der Waals surface area contributed by atoms with Crippen LogP contribution in [0.1, 0.15) is 49.7 Å². The van der Waals surface area contributed by atoms with Crippen molar-refractivity contribution in [3.8, 4) is 0 Å². The molecule has 0 nitrogen and oxygen atoms in total. The Kier molecular flexibility index (Phi) is 2.55. The van der Waals surface area contributed by atoms with Gasteiger partial charge in [-0.25, -0.2) is 0 Å². The summed E-state index contributed by atoms with van der Waals surface area (Å²) < 4.78 is 0. The second kappa shape index (κ2) is 4.03. The van der Waals surface area contributed by atoms with Gasteiger partial charge in [0.05, 0.1) is 0 Å². The Labute approximate surface area is 116 Å². The van der Waals surface area contributed by atoms with E-state index in [4.69, 9.17) is 0 Å². The van der Waals surface area contributed by atoms with E-state index in [2.05, 4.69) is 36.9 Å². The first-order chi connectivity index (χ1) is 8.79. The second-order valence-corrected chi connectivity index (χ2v) is 7.33. The van der Waals surface area contributed by atoms with Gasteiger partial charge in [-0.05, 0) is 72.8 Å². The average Bonchev–Trinajstić information content (AvgIpc) is 2.37. The highest BCUT2D eigenvalue weighted by molar-refractivity contribution is 7.79. The summed E-state index contributed by atoms with van der Waals surface area (Å²) in [6.07, 6.45) is 8.98. The topological polar surface area (TPSA) is 0 Å². The highest BCUT2D eigenvalue weighted by Crippen LogP contribution is 2.61. The molecule has 0 aromatic heterocycles. The lowest BCUT2D eigenvalue weighted by atomic mass is 9.47. The van der Waals surface area contributed by atoms with Crippen LogP contribution in [0.5, 0.6) is 0 Å². The fourth-order valence-electron chi connectivity index (χ4n) is 5.62. The summed E-state index contributed by atoms with van der Waals surface area (Å²) in [4.78, 5) is 0. The van der Waals surface area contributed by atoms with Gasteiger partial charge in [0.15, 0.2) is 0 Å². The minimum Gasteiger partial charge on any atom is -0.175 e. The van der Waals surface area contributed by atoms with Crippen LogP contribution in [-0.2, 0) is 11.2 Å². The van der Waals surface area contributed by atoms with Crippen LogP contribution < -0.4 is 0 Å². The number of rotatable bonds is 2. The molecule has 1 aromatic carbocycles. The zero-order chi connectivity index (χ0) is 12.2. The van der Waals surface area contributed by atoms with E-state index in [0.717, 1.165) is 23.5 Å². The highest BCUT2D eigenvalue weighted by Gasteiger charge is 2.51. The zero-order valence-electron chi connectivity index (χ0n) is 10.9. The van der Waals surface area contributed by atoms with E-state index in [1.54, 1.807) is 5.56 Å². The number of thiol groups is 1. The first kappa shape index (κ1) is 11.4. The Morgan fingerprint density at radius 3 is 2.06 bits per heavy atom. The molecule has 4 fully saturated rings. The fourth-order valence-corrected chi connectivity index (χ4v) is 5.89. The maximum absolute atomic E-state index is 4.55. The Bertz CT molecular complexity index is 427. The zero-order valence-corrected chi connectivity index (χ0v) is 11.8. The Hall–Kier alpha value is -0.430. The molecule has 0 N–H and O–H groups in total. The van der Waals surface area contributed by atoms with Crippen LogP contribution in [0.4, 0.5) is 0 Å². The molecule has 0 aliphatic heterocycles. The first-order valence-electron chi connectivity index (χ1n) is 7.48.